The molecule has 1 aromatic carbocycles. The molecular formula is C20H24FN5O3. The van der Waals surface area contributed by atoms with Gasteiger partial charge in [-0.2, -0.15) is 0 Å². The maximum atomic E-state index is 13.2. The number of aromatic amines is 1. The van der Waals surface area contributed by atoms with Crippen molar-refractivity contribution < 1.29 is 19.0 Å². The number of aliphatic hydroxyl groups excluding tert-OH is 1. The largest absolute Gasteiger partial charge is 0.474 e. The van der Waals surface area contributed by atoms with Gasteiger partial charge >= 0.3 is 0 Å². The summed E-state index contributed by atoms with van der Waals surface area (Å²) < 4.78 is 23.7. The highest BCUT2D eigenvalue weighted by molar-refractivity contribution is 5.85. The lowest BCUT2D eigenvalue weighted by atomic mass is 10.1. The Labute approximate surface area is 167 Å². The molecular weight excluding hydrogens is 377 g/mol. The van der Waals surface area contributed by atoms with Crippen LogP contribution in [0.25, 0.3) is 10.9 Å². The maximum absolute atomic E-state index is 13.2. The molecule has 3 rings (SSSR count). The number of anilines is 1. The number of fused-ring (bicyclic) bond motifs is 1. The monoisotopic (exact) mass is 401 g/mol. The molecule has 0 aliphatic heterocycles. The third kappa shape index (κ3) is 5.66. The summed E-state index contributed by atoms with van der Waals surface area (Å²) in [6, 6.07) is 11.1. The number of aliphatic hydroxyl groups is 1. The van der Waals surface area contributed by atoms with E-state index >= 15 is 0 Å². The molecule has 0 saturated heterocycles. The van der Waals surface area contributed by atoms with E-state index in [1.807, 2.05) is 30.3 Å². The van der Waals surface area contributed by atoms with Crippen molar-refractivity contribution in [2.24, 2.45) is 0 Å². The molecule has 154 valence electrons. The van der Waals surface area contributed by atoms with Crippen LogP contribution < -0.4 is 15.4 Å². The molecule has 3 aromatic rings. The molecule has 0 spiro atoms. The van der Waals surface area contributed by atoms with Crippen molar-refractivity contribution in [2.75, 3.05) is 25.1 Å². The first kappa shape index (κ1) is 20.6. The van der Waals surface area contributed by atoms with Gasteiger partial charge in [-0.05, 0) is 12.5 Å². The minimum atomic E-state index is -1.36. The summed E-state index contributed by atoms with van der Waals surface area (Å²) in [6.07, 6.45) is 0.250. The number of H-pyrrole nitrogens is 1. The van der Waals surface area contributed by atoms with Gasteiger partial charge in [0.1, 0.15) is 12.4 Å². The quantitative estimate of drug-likeness (QED) is 0.392. The summed E-state index contributed by atoms with van der Waals surface area (Å²) in [5.41, 5.74) is 1.66. The summed E-state index contributed by atoms with van der Waals surface area (Å²) in [4.78, 5) is 4.34. The van der Waals surface area contributed by atoms with Gasteiger partial charge < -0.3 is 25.2 Å². The molecule has 0 aliphatic carbocycles. The lowest BCUT2D eigenvalue weighted by Crippen LogP contribution is -2.29. The minimum Gasteiger partial charge on any atom is -0.474 e. The Kier molecular flexibility index (Phi) is 6.99. The summed E-state index contributed by atoms with van der Waals surface area (Å²) in [6.45, 7) is 5.52. The lowest BCUT2D eigenvalue weighted by Gasteiger charge is -2.22. The van der Waals surface area contributed by atoms with Crippen LogP contribution in [0.2, 0.25) is 0 Å². The first-order valence-corrected chi connectivity index (χ1v) is 9.17. The van der Waals surface area contributed by atoms with Crippen molar-refractivity contribution in [2.45, 2.75) is 19.3 Å². The minimum absolute atomic E-state index is 0.0968. The third-order valence-electron chi connectivity index (χ3n) is 4.06. The van der Waals surface area contributed by atoms with E-state index in [0.717, 1.165) is 11.1 Å². The van der Waals surface area contributed by atoms with Gasteiger partial charge in [-0.15, -0.1) is 5.10 Å². The molecule has 2 aromatic heterocycles. The number of nitrogens with zero attached hydrogens (tertiary/aromatic N) is 2. The summed E-state index contributed by atoms with van der Waals surface area (Å²) in [5.74, 6) is 1.41. The van der Waals surface area contributed by atoms with Crippen LogP contribution in [0, 0.1) is 0 Å². The van der Waals surface area contributed by atoms with Crippen molar-refractivity contribution in [1.82, 2.24) is 20.5 Å². The van der Waals surface area contributed by atoms with Crippen LogP contribution in [-0.4, -0.2) is 46.5 Å². The van der Waals surface area contributed by atoms with Crippen LogP contribution in [0.5, 0.6) is 5.88 Å². The second-order valence-corrected chi connectivity index (χ2v) is 6.30. The van der Waals surface area contributed by atoms with Crippen LogP contribution in [0.1, 0.15) is 18.5 Å². The van der Waals surface area contributed by atoms with E-state index in [1.165, 1.54) is 6.92 Å². The molecule has 9 heteroatoms. The number of alkyl halides is 1. The number of aromatic nitrogens is 3. The van der Waals surface area contributed by atoms with Crippen molar-refractivity contribution in [1.29, 1.82) is 0 Å². The van der Waals surface area contributed by atoms with Gasteiger partial charge in [-0.25, -0.2) is 9.37 Å². The second kappa shape index (κ2) is 9.85. The molecule has 0 saturated carbocycles. The molecule has 0 radical (unpaired) electrons. The Morgan fingerprint density at radius 1 is 1.34 bits per heavy atom. The molecule has 0 bridgehead atoms. The number of rotatable bonds is 11. The van der Waals surface area contributed by atoms with Gasteiger partial charge in [-0.1, -0.05) is 36.9 Å². The molecule has 2 atom stereocenters. The maximum Gasteiger partial charge on any atom is 0.242 e. The SMILES string of the molecule is C=C(Nc1cc2[nH]nc(OCCO)c2cn1)N[C@H](COC(C)F)c1ccccc1. The van der Waals surface area contributed by atoms with E-state index in [2.05, 4.69) is 32.4 Å². The number of ether oxygens (including phenoxy) is 2. The third-order valence-corrected chi connectivity index (χ3v) is 4.06. The van der Waals surface area contributed by atoms with E-state index in [-0.39, 0.29) is 25.9 Å². The molecule has 0 amide bonds. The highest BCUT2D eigenvalue weighted by Gasteiger charge is 2.15. The van der Waals surface area contributed by atoms with Crippen LogP contribution in [0.3, 0.4) is 0 Å². The Hall–Kier alpha value is -3.17. The summed E-state index contributed by atoms with van der Waals surface area (Å²) >= 11 is 0. The van der Waals surface area contributed by atoms with Gasteiger partial charge in [-0.3, -0.25) is 5.10 Å². The van der Waals surface area contributed by atoms with Gasteiger partial charge in [0, 0.05) is 12.3 Å². The van der Waals surface area contributed by atoms with Crippen LogP contribution >= 0.6 is 0 Å². The molecule has 1 unspecified atom stereocenters. The Morgan fingerprint density at radius 3 is 2.86 bits per heavy atom. The molecule has 29 heavy (non-hydrogen) atoms. The van der Waals surface area contributed by atoms with E-state index in [1.54, 1.807) is 12.3 Å². The molecule has 2 heterocycles. The molecule has 4 N–H and O–H groups in total. The van der Waals surface area contributed by atoms with Crippen molar-refractivity contribution in [3.8, 4) is 5.88 Å². The number of hydrogen-bond acceptors (Lipinski definition) is 7. The van der Waals surface area contributed by atoms with Gasteiger partial charge in [0.25, 0.3) is 0 Å². The van der Waals surface area contributed by atoms with Crippen LogP contribution in [-0.2, 0) is 4.74 Å². The Balaban J connectivity index is 1.67. The van der Waals surface area contributed by atoms with Gasteiger partial charge in [0.15, 0.2) is 6.36 Å². The zero-order valence-corrected chi connectivity index (χ0v) is 16.1. The first-order chi connectivity index (χ1) is 14.1. The fourth-order valence-electron chi connectivity index (χ4n) is 2.75. The fraction of sp³-hybridized carbons (Fsp3) is 0.300. The first-order valence-electron chi connectivity index (χ1n) is 9.17. The normalized spacial score (nSPS) is 13.1. The number of pyridine rings is 1. The zero-order chi connectivity index (χ0) is 20.6. The van der Waals surface area contributed by atoms with Crippen molar-refractivity contribution in [3.63, 3.8) is 0 Å². The van der Waals surface area contributed by atoms with E-state index < -0.39 is 6.36 Å². The number of benzene rings is 1. The average molecular weight is 401 g/mol. The molecule has 0 aliphatic rings. The highest BCUT2D eigenvalue weighted by atomic mass is 19.1. The smallest absolute Gasteiger partial charge is 0.242 e. The van der Waals surface area contributed by atoms with E-state index in [4.69, 9.17) is 14.6 Å². The van der Waals surface area contributed by atoms with E-state index in [9.17, 15) is 4.39 Å². The average Bonchev–Trinajstić information content (AvgIpc) is 3.12. The number of hydrogen-bond donors (Lipinski definition) is 4. The van der Waals surface area contributed by atoms with Gasteiger partial charge in [0.05, 0.1) is 36.0 Å². The second-order valence-electron chi connectivity index (χ2n) is 6.30. The summed E-state index contributed by atoms with van der Waals surface area (Å²) in [7, 11) is 0. The number of halogens is 1. The highest BCUT2D eigenvalue weighted by Crippen LogP contribution is 2.24. The van der Waals surface area contributed by atoms with E-state index in [0.29, 0.717) is 22.9 Å². The number of nitrogens with one attached hydrogen (secondary N) is 3. The van der Waals surface area contributed by atoms with Crippen LogP contribution in [0.4, 0.5) is 10.2 Å². The lowest BCUT2D eigenvalue weighted by molar-refractivity contribution is -0.0331. The standard InChI is InChI=1S/C20H24FN5O3/c1-13(21)29-12-18(15-6-4-3-5-7-15)23-14(2)24-19-10-17-16(11-22-19)20(26-25-17)28-9-8-27/h3-7,10-11,13,18,23,27H,2,8-9,12H2,1H3,(H,22,24)(H,25,26)/t13?,18-/m1/s1. The predicted octanol–water partition coefficient (Wildman–Crippen LogP) is 2.88. The summed E-state index contributed by atoms with van der Waals surface area (Å²) in [5, 5.41) is 22.8. The Bertz CT molecular complexity index is 932. The predicted molar refractivity (Wildman–Crippen MR) is 108 cm³/mol. The fourth-order valence-corrected chi connectivity index (χ4v) is 2.75. The van der Waals surface area contributed by atoms with Crippen LogP contribution in [0.15, 0.2) is 55.0 Å². The topological polar surface area (TPSA) is 104 Å². The zero-order valence-electron chi connectivity index (χ0n) is 16.1. The molecule has 8 nitrogen and oxygen atoms in total. The van der Waals surface area contributed by atoms with Crippen molar-refractivity contribution >= 4 is 16.7 Å². The van der Waals surface area contributed by atoms with Gasteiger partial charge in [0.2, 0.25) is 5.88 Å². The van der Waals surface area contributed by atoms with Crippen molar-refractivity contribution in [3.05, 3.63) is 60.6 Å². The molecule has 0 fully saturated rings. The Morgan fingerprint density at radius 2 is 2.14 bits per heavy atom.